The molecule has 5 nitrogen and oxygen atoms in total. The first kappa shape index (κ1) is 21.7. The van der Waals surface area contributed by atoms with Crippen LogP contribution < -0.4 is 5.32 Å². The Kier molecular flexibility index (Phi) is 5.33. The molecule has 0 saturated heterocycles. The molecule has 0 fully saturated rings. The van der Waals surface area contributed by atoms with Crippen molar-refractivity contribution in [2.24, 2.45) is 0 Å². The highest BCUT2D eigenvalue weighted by molar-refractivity contribution is 6.30. The number of benzene rings is 2. The average molecular weight is 467 g/mol. The lowest BCUT2D eigenvalue weighted by Crippen LogP contribution is -2.16. The van der Waals surface area contributed by atoms with E-state index in [-0.39, 0.29) is 28.3 Å². The maximum absolute atomic E-state index is 14.0. The predicted molar refractivity (Wildman–Crippen MR) is 107 cm³/mol. The van der Waals surface area contributed by atoms with Crippen LogP contribution in [0.2, 0.25) is 5.02 Å². The van der Waals surface area contributed by atoms with Crippen molar-refractivity contribution in [3.63, 3.8) is 0 Å². The van der Waals surface area contributed by atoms with Gasteiger partial charge < -0.3 is 5.32 Å². The Hall–Kier alpha value is -3.53. The molecule has 0 bridgehead atoms. The molecule has 2 heterocycles. The topological polar surface area (TPSA) is 59.3 Å². The van der Waals surface area contributed by atoms with Gasteiger partial charge in [0.15, 0.2) is 11.3 Å². The zero-order chi connectivity index (χ0) is 23.2. The number of fused-ring (bicyclic) bond motifs is 1. The van der Waals surface area contributed by atoms with Gasteiger partial charge in [0, 0.05) is 16.7 Å². The third kappa shape index (κ3) is 4.01. The van der Waals surface area contributed by atoms with Crippen molar-refractivity contribution in [1.29, 1.82) is 0 Å². The van der Waals surface area contributed by atoms with Gasteiger partial charge in [-0.3, -0.25) is 4.79 Å². The van der Waals surface area contributed by atoms with Crippen molar-refractivity contribution < 1.29 is 26.7 Å². The molecule has 0 atom stereocenters. The lowest BCUT2D eigenvalue weighted by molar-refractivity contribution is -0.142. The normalized spacial score (nSPS) is 11.7. The monoisotopic (exact) mass is 466 g/mol. The zero-order valence-electron chi connectivity index (χ0n) is 16.1. The summed E-state index contributed by atoms with van der Waals surface area (Å²) in [6.07, 6.45) is -4.81. The van der Waals surface area contributed by atoms with Gasteiger partial charge in [-0.15, -0.1) is 0 Å². The second-order valence-electron chi connectivity index (χ2n) is 6.81. The van der Waals surface area contributed by atoms with Crippen LogP contribution in [-0.4, -0.2) is 20.5 Å². The summed E-state index contributed by atoms with van der Waals surface area (Å²) in [5.74, 6) is -2.84. The van der Waals surface area contributed by atoms with Crippen LogP contribution in [0.3, 0.4) is 0 Å². The standard InChI is InChI=1S/C21H12ClF5N4O/c1-10-18(20(32)29-15-7-6-13(23)8-14(15)24)19-28-16(11-2-4-12(22)5-3-11)9-17(21(25,26)27)31(19)30-10/h2-9H,1H3,(H,29,32). The molecular formula is C21H12ClF5N4O. The molecule has 0 spiro atoms. The fraction of sp³-hybridized carbons (Fsp3) is 0.0952. The van der Waals surface area contributed by atoms with Gasteiger partial charge in [0.25, 0.3) is 5.91 Å². The first-order valence-corrected chi connectivity index (χ1v) is 9.42. The van der Waals surface area contributed by atoms with Crippen LogP contribution >= 0.6 is 11.6 Å². The minimum absolute atomic E-state index is 0.0590. The minimum atomic E-state index is -4.81. The Bertz CT molecular complexity index is 1350. The van der Waals surface area contributed by atoms with E-state index in [0.29, 0.717) is 21.2 Å². The molecule has 0 radical (unpaired) electrons. The lowest BCUT2D eigenvalue weighted by atomic mass is 10.1. The van der Waals surface area contributed by atoms with Crippen molar-refractivity contribution in [2.45, 2.75) is 13.1 Å². The Balaban J connectivity index is 1.89. The second kappa shape index (κ2) is 7.86. The molecule has 0 saturated carbocycles. The van der Waals surface area contributed by atoms with Crippen molar-refractivity contribution in [3.8, 4) is 11.3 Å². The largest absolute Gasteiger partial charge is 0.433 e. The number of alkyl halides is 3. The number of hydrogen-bond acceptors (Lipinski definition) is 3. The van der Waals surface area contributed by atoms with Crippen molar-refractivity contribution in [1.82, 2.24) is 14.6 Å². The number of aromatic nitrogens is 3. The van der Waals surface area contributed by atoms with Gasteiger partial charge in [-0.25, -0.2) is 18.3 Å². The van der Waals surface area contributed by atoms with E-state index >= 15 is 0 Å². The van der Waals surface area contributed by atoms with Crippen molar-refractivity contribution in [3.05, 3.63) is 82.1 Å². The summed E-state index contributed by atoms with van der Waals surface area (Å²) in [6, 6.07) is 9.25. The molecule has 164 valence electrons. The Morgan fingerprint density at radius 3 is 2.38 bits per heavy atom. The van der Waals surface area contributed by atoms with Gasteiger partial charge in [0.2, 0.25) is 0 Å². The molecule has 32 heavy (non-hydrogen) atoms. The number of nitrogens with zero attached hydrogens (tertiary/aromatic N) is 3. The summed E-state index contributed by atoms with van der Waals surface area (Å²) >= 11 is 5.85. The first-order chi connectivity index (χ1) is 15.0. The molecule has 2 aromatic carbocycles. The fourth-order valence-electron chi connectivity index (χ4n) is 3.14. The molecule has 11 heteroatoms. The highest BCUT2D eigenvalue weighted by Gasteiger charge is 2.36. The fourth-order valence-corrected chi connectivity index (χ4v) is 3.26. The highest BCUT2D eigenvalue weighted by Crippen LogP contribution is 2.34. The number of rotatable bonds is 3. The van der Waals surface area contributed by atoms with Gasteiger partial charge in [-0.2, -0.15) is 18.3 Å². The molecule has 1 N–H and O–H groups in total. The van der Waals surface area contributed by atoms with E-state index in [0.717, 1.165) is 18.2 Å². The molecule has 0 aliphatic rings. The van der Waals surface area contributed by atoms with E-state index < -0.39 is 29.4 Å². The number of anilines is 1. The van der Waals surface area contributed by atoms with Crippen molar-refractivity contribution >= 4 is 28.8 Å². The summed E-state index contributed by atoms with van der Waals surface area (Å²) < 4.78 is 68.9. The van der Waals surface area contributed by atoms with Crippen LogP contribution in [0.1, 0.15) is 21.7 Å². The van der Waals surface area contributed by atoms with E-state index in [1.807, 2.05) is 0 Å². The molecule has 4 rings (SSSR count). The molecule has 1 amide bonds. The van der Waals surface area contributed by atoms with Gasteiger partial charge in [-0.1, -0.05) is 23.7 Å². The van der Waals surface area contributed by atoms with Crippen LogP contribution in [0, 0.1) is 18.6 Å². The Labute approximate surface area is 182 Å². The summed E-state index contributed by atoms with van der Waals surface area (Å²) in [5, 5.41) is 6.43. The zero-order valence-corrected chi connectivity index (χ0v) is 16.9. The molecular weight excluding hydrogens is 455 g/mol. The number of amides is 1. The van der Waals surface area contributed by atoms with Crippen LogP contribution in [0.4, 0.5) is 27.6 Å². The predicted octanol–water partition coefficient (Wildman–Crippen LogP) is 5.91. The number of nitrogens with one attached hydrogen (secondary N) is 1. The van der Waals surface area contributed by atoms with Crippen LogP contribution in [0.5, 0.6) is 0 Å². The average Bonchev–Trinajstić information content (AvgIpc) is 3.04. The Morgan fingerprint density at radius 1 is 1.06 bits per heavy atom. The van der Waals surface area contributed by atoms with Crippen molar-refractivity contribution in [2.75, 3.05) is 5.32 Å². The maximum atomic E-state index is 14.0. The molecule has 2 aromatic heterocycles. The van der Waals surface area contributed by atoms with Gasteiger partial charge in [0.05, 0.1) is 17.1 Å². The van der Waals surface area contributed by atoms with E-state index in [1.54, 1.807) is 0 Å². The lowest BCUT2D eigenvalue weighted by Gasteiger charge is -2.12. The molecule has 0 unspecified atom stereocenters. The molecule has 4 aromatic rings. The summed E-state index contributed by atoms with van der Waals surface area (Å²) in [6.45, 7) is 1.33. The molecule has 0 aliphatic heterocycles. The first-order valence-electron chi connectivity index (χ1n) is 9.04. The number of halogens is 6. The molecule has 0 aliphatic carbocycles. The summed E-state index contributed by atoms with van der Waals surface area (Å²) in [5.41, 5.74) is -1.95. The minimum Gasteiger partial charge on any atom is -0.319 e. The summed E-state index contributed by atoms with van der Waals surface area (Å²) in [7, 11) is 0. The SMILES string of the molecule is Cc1nn2c(C(F)(F)F)cc(-c3ccc(Cl)cc3)nc2c1C(=O)Nc1ccc(F)cc1F. The summed E-state index contributed by atoms with van der Waals surface area (Å²) in [4.78, 5) is 17.0. The maximum Gasteiger partial charge on any atom is 0.433 e. The quantitative estimate of drug-likeness (QED) is 0.382. The van der Waals surface area contributed by atoms with E-state index in [4.69, 9.17) is 11.6 Å². The smallest absolute Gasteiger partial charge is 0.319 e. The number of aryl methyl sites for hydroxylation is 1. The number of hydrogen-bond donors (Lipinski definition) is 1. The van der Waals surface area contributed by atoms with E-state index in [1.165, 1.54) is 31.2 Å². The highest BCUT2D eigenvalue weighted by atomic mass is 35.5. The van der Waals surface area contributed by atoms with Crippen LogP contribution in [0.25, 0.3) is 16.9 Å². The number of carbonyl (C=O) groups excluding carboxylic acids is 1. The Morgan fingerprint density at radius 2 is 1.75 bits per heavy atom. The van der Waals surface area contributed by atoms with Gasteiger partial charge in [0.1, 0.15) is 17.2 Å². The van der Waals surface area contributed by atoms with Gasteiger partial charge in [-0.05, 0) is 37.3 Å². The van der Waals surface area contributed by atoms with Crippen LogP contribution in [0.15, 0.2) is 48.5 Å². The van der Waals surface area contributed by atoms with Gasteiger partial charge >= 0.3 is 6.18 Å². The third-order valence-electron chi connectivity index (χ3n) is 4.60. The van der Waals surface area contributed by atoms with Crippen LogP contribution in [-0.2, 0) is 6.18 Å². The third-order valence-corrected chi connectivity index (χ3v) is 4.85. The second-order valence-corrected chi connectivity index (χ2v) is 7.24. The number of carbonyl (C=O) groups is 1. The van der Waals surface area contributed by atoms with E-state index in [2.05, 4.69) is 15.4 Å². The van der Waals surface area contributed by atoms with E-state index in [9.17, 15) is 26.7 Å².